The Morgan fingerprint density at radius 3 is 2.86 bits per heavy atom. The van der Waals surface area contributed by atoms with Crippen molar-refractivity contribution in [3.63, 3.8) is 0 Å². The molecule has 21 heavy (non-hydrogen) atoms. The quantitative estimate of drug-likeness (QED) is 0.905. The molecule has 1 N–H and O–H groups in total. The lowest BCUT2D eigenvalue weighted by atomic mass is 10.3. The number of hydrogen-bond acceptors (Lipinski definition) is 5. The van der Waals surface area contributed by atoms with Crippen LogP contribution in [0.4, 0.5) is 5.13 Å². The van der Waals surface area contributed by atoms with Crippen molar-refractivity contribution in [2.24, 2.45) is 0 Å². The molecule has 1 saturated carbocycles. The molecule has 0 spiro atoms. The smallest absolute Gasteiger partial charge is 0.186 e. The molecule has 1 aliphatic carbocycles. The topological polar surface area (TPSA) is 31.4 Å². The summed E-state index contributed by atoms with van der Waals surface area (Å²) in [5.74, 6) is 0. The standard InChI is InChI=1S/C16H28N4S/c1-4-14-15(10-17-13-6-7-13)21-16(18-14)20-9-5-8-19(3)11-12(20)2/h12-13,17H,4-11H2,1-3H3. The molecule has 0 amide bonds. The molecule has 0 bridgehead atoms. The Bertz CT molecular complexity index is 469. The van der Waals surface area contributed by atoms with E-state index in [-0.39, 0.29) is 0 Å². The number of nitrogens with zero attached hydrogens (tertiary/aromatic N) is 3. The van der Waals surface area contributed by atoms with Gasteiger partial charge >= 0.3 is 0 Å². The zero-order valence-corrected chi connectivity index (χ0v) is 14.4. The molecule has 2 fully saturated rings. The summed E-state index contributed by atoms with van der Waals surface area (Å²) in [7, 11) is 2.23. The summed E-state index contributed by atoms with van der Waals surface area (Å²) in [6.07, 6.45) is 4.98. The molecule has 118 valence electrons. The number of anilines is 1. The van der Waals surface area contributed by atoms with E-state index in [4.69, 9.17) is 4.98 Å². The maximum absolute atomic E-state index is 4.95. The molecule has 1 atom stereocenters. The Hall–Kier alpha value is -0.650. The Morgan fingerprint density at radius 1 is 1.33 bits per heavy atom. The fourth-order valence-electron chi connectivity index (χ4n) is 3.09. The van der Waals surface area contributed by atoms with Crippen molar-refractivity contribution >= 4 is 16.5 Å². The largest absolute Gasteiger partial charge is 0.344 e. The fraction of sp³-hybridized carbons (Fsp3) is 0.812. The van der Waals surface area contributed by atoms with Gasteiger partial charge in [-0.05, 0) is 46.2 Å². The van der Waals surface area contributed by atoms with Crippen LogP contribution >= 0.6 is 11.3 Å². The van der Waals surface area contributed by atoms with Gasteiger partial charge in [0.2, 0.25) is 0 Å². The van der Waals surface area contributed by atoms with Gasteiger partial charge in [-0.1, -0.05) is 6.92 Å². The van der Waals surface area contributed by atoms with Gasteiger partial charge in [0.05, 0.1) is 5.69 Å². The van der Waals surface area contributed by atoms with E-state index in [1.165, 1.54) is 41.5 Å². The SMILES string of the molecule is CCc1nc(N2CCCN(C)CC2C)sc1CNC1CC1. The average Bonchev–Trinajstić information content (AvgIpc) is 3.22. The highest BCUT2D eigenvalue weighted by Crippen LogP contribution is 2.30. The summed E-state index contributed by atoms with van der Waals surface area (Å²) in [6, 6.07) is 1.32. The van der Waals surface area contributed by atoms with Gasteiger partial charge in [-0.25, -0.2) is 4.98 Å². The highest BCUT2D eigenvalue weighted by atomic mass is 32.1. The monoisotopic (exact) mass is 308 g/mol. The maximum atomic E-state index is 4.95. The molecular formula is C16H28N4S. The molecule has 5 heteroatoms. The van der Waals surface area contributed by atoms with Crippen molar-refractivity contribution in [1.29, 1.82) is 0 Å². The van der Waals surface area contributed by atoms with Crippen LogP contribution in [0.15, 0.2) is 0 Å². The molecule has 1 aliphatic heterocycles. The molecule has 1 aromatic rings. The number of likely N-dealkylation sites (N-methyl/N-ethyl adjacent to an activating group) is 1. The second kappa shape index (κ2) is 6.63. The lowest BCUT2D eigenvalue weighted by Gasteiger charge is -2.27. The van der Waals surface area contributed by atoms with Crippen molar-refractivity contribution in [3.8, 4) is 0 Å². The van der Waals surface area contributed by atoms with E-state index in [9.17, 15) is 0 Å². The van der Waals surface area contributed by atoms with E-state index in [0.717, 1.165) is 32.1 Å². The van der Waals surface area contributed by atoms with Crippen molar-refractivity contribution in [2.45, 2.75) is 58.2 Å². The molecular weight excluding hydrogens is 280 g/mol. The number of thiazole rings is 1. The zero-order valence-electron chi connectivity index (χ0n) is 13.6. The minimum atomic E-state index is 0.553. The fourth-order valence-corrected chi connectivity index (χ4v) is 4.32. The van der Waals surface area contributed by atoms with Crippen LogP contribution in [0.3, 0.4) is 0 Å². The second-order valence-corrected chi connectivity index (χ2v) is 7.60. The van der Waals surface area contributed by atoms with Crippen molar-refractivity contribution < 1.29 is 0 Å². The number of aromatic nitrogens is 1. The van der Waals surface area contributed by atoms with Crippen LogP contribution in [0.2, 0.25) is 0 Å². The van der Waals surface area contributed by atoms with Crippen molar-refractivity contribution in [3.05, 3.63) is 10.6 Å². The highest BCUT2D eigenvalue weighted by molar-refractivity contribution is 7.15. The minimum Gasteiger partial charge on any atom is -0.344 e. The van der Waals surface area contributed by atoms with Crippen LogP contribution < -0.4 is 10.2 Å². The first kappa shape index (κ1) is 15.3. The van der Waals surface area contributed by atoms with Crippen LogP contribution in [0.5, 0.6) is 0 Å². The van der Waals surface area contributed by atoms with Crippen LogP contribution in [0.1, 0.15) is 43.7 Å². The van der Waals surface area contributed by atoms with E-state index in [2.05, 4.69) is 36.0 Å². The first-order valence-electron chi connectivity index (χ1n) is 8.34. The summed E-state index contributed by atoms with van der Waals surface area (Å²) in [6.45, 7) is 9.03. The molecule has 1 aromatic heterocycles. The summed E-state index contributed by atoms with van der Waals surface area (Å²) in [5, 5.41) is 4.88. The van der Waals surface area contributed by atoms with E-state index in [1.807, 2.05) is 11.3 Å². The third-order valence-electron chi connectivity index (χ3n) is 4.52. The number of nitrogens with one attached hydrogen (secondary N) is 1. The molecule has 0 radical (unpaired) electrons. The van der Waals surface area contributed by atoms with Gasteiger partial charge in [0.1, 0.15) is 0 Å². The number of aryl methyl sites for hydroxylation is 1. The van der Waals surface area contributed by atoms with Gasteiger partial charge in [0, 0.05) is 36.6 Å². The van der Waals surface area contributed by atoms with Crippen LogP contribution in [-0.2, 0) is 13.0 Å². The lowest BCUT2D eigenvalue weighted by molar-refractivity contribution is 0.337. The minimum absolute atomic E-state index is 0.553. The van der Waals surface area contributed by atoms with Gasteiger partial charge in [-0.15, -0.1) is 11.3 Å². The molecule has 1 saturated heterocycles. The molecule has 3 rings (SSSR count). The van der Waals surface area contributed by atoms with Crippen LogP contribution in [0.25, 0.3) is 0 Å². The van der Waals surface area contributed by atoms with Gasteiger partial charge in [0.15, 0.2) is 5.13 Å². The van der Waals surface area contributed by atoms with Gasteiger partial charge < -0.3 is 15.1 Å². The van der Waals surface area contributed by atoms with Gasteiger partial charge in [-0.3, -0.25) is 0 Å². The predicted molar refractivity (Wildman–Crippen MR) is 90.3 cm³/mol. The van der Waals surface area contributed by atoms with E-state index in [1.54, 1.807) is 0 Å². The molecule has 0 aromatic carbocycles. The van der Waals surface area contributed by atoms with E-state index < -0.39 is 0 Å². The summed E-state index contributed by atoms with van der Waals surface area (Å²) in [4.78, 5) is 11.4. The van der Waals surface area contributed by atoms with E-state index in [0.29, 0.717) is 6.04 Å². The van der Waals surface area contributed by atoms with Gasteiger partial charge in [-0.2, -0.15) is 0 Å². The Morgan fingerprint density at radius 2 is 2.14 bits per heavy atom. The molecule has 2 aliphatic rings. The van der Waals surface area contributed by atoms with Crippen LogP contribution in [-0.4, -0.2) is 48.6 Å². The second-order valence-electron chi connectivity index (χ2n) is 6.53. The Balaban J connectivity index is 1.73. The highest BCUT2D eigenvalue weighted by Gasteiger charge is 2.25. The molecule has 2 heterocycles. The summed E-state index contributed by atoms with van der Waals surface area (Å²) in [5.41, 5.74) is 1.30. The summed E-state index contributed by atoms with van der Waals surface area (Å²) < 4.78 is 0. The average molecular weight is 308 g/mol. The third-order valence-corrected chi connectivity index (χ3v) is 5.66. The molecule has 4 nitrogen and oxygen atoms in total. The summed E-state index contributed by atoms with van der Waals surface area (Å²) >= 11 is 1.91. The maximum Gasteiger partial charge on any atom is 0.186 e. The van der Waals surface area contributed by atoms with Crippen molar-refractivity contribution in [2.75, 3.05) is 31.6 Å². The lowest BCUT2D eigenvalue weighted by Crippen LogP contribution is -2.37. The first-order chi connectivity index (χ1) is 10.2. The molecule has 1 unspecified atom stereocenters. The number of hydrogen-bond donors (Lipinski definition) is 1. The van der Waals surface area contributed by atoms with Crippen LogP contribution in [0, 0.1) is 0 Å². The van der Waals surface area contributed by atoms with Crippen molar-refractivity contribution in [1.82, 2.24) is 15.2 Å². The third kappa shape index (κ3) is 3.76. The first-order valence-corrected chi connectivity index (χ1v) is 9.16. The zero-order chi connectivity index (χ0) is 14.8. The Kier molecular flexibility index (Phi) is 4.82. The normalized spacial score (nSPS) is 24.3. The number of rotatable bonds is 5. The predicted octanol–water partition coefficient (Wildman–Crippen LogP) is 2.49. The Labute approximate surface area is 132 Å². The van der Waals surface area contributed by atoms with E-state index >= 15 is 0 Å². The van der Waals surface area contributed by atoms with Gasteiger partial charge in [0.25, 0.3) is 0 Å².